The first-order valence-corrected chi connectivity index (χ1v) is 7.42. The summed E-state index contributed by atoms with van der Waals surface area (Å²) in [5.41, 5.74) is 8.48. The maximum atomic E-state index is 4.31. The third kappa shape index (κ3) is 1.56. The molecule has 22 heavy (non-hydrogen) atoms. The van der Waals surface area contributed by atoms with Crippen LogP contribution >= 0.6 is 0 Å². The highest BCUT2D eigenvalue weighted by Crippen LogP contribution is 2.37. The normalized spacial score (nSPS) is 12.4. The highest BCUT2D eigenvalue weighted by Gasteiger charge is 2.18. The van der Waals surface area contributed by atoms with Crippen molar-refractivity contribution < 1.29 is 0 Å². The van der Waals surface area contributed by atoms with Gasteiger partial charge in [0.05, 0.1) is 11.2 Å². The van der Waals surface area contributed by atoms with E-state index in [0.29, 0.717) is 0 Å². The van der Waals surface area contributed by atoms with Crippen LogP contribution in [0.4, 0.5) is 0 Å². The zero-order chi connectivity index (χ0) is 14.5. The van der Waals surface area contributed by atoms with Crippen molar-refractivity contribution >= 4 is 11.0 Å². The molecule has 0 bridgehead atoms. The lowest BCUT2D eigenvalue weighted by atomic mass is 10.1. The summed E-state index contributed by atoms with van der Waals surface area (Å²) in [5, 5.41) is 8.55. The average molecular weight is 283 g/mol. The van der Waals surface area contributed by atoms with Crippen LogP contribution < -0.4 is 0 Å². The van der Waals surface area contributed by atoms with Gasteiger partial charge in [0.25, 0.3) is 0 Å². The van der Waals surface area contributed by atoms with Gasteiger partial charge in [0.1, 0.15) is 5.52 Å². The van der Waals surface area contributed by atoms with Gasteiger partial charge in [-0.05, 0) is 52.9 Å². The molecule has 0 amide bonds. The topological polar surface area (TPSA) is 30.7 Å². The van der Waals surface area contributed by atoms with Crippen LogP contribution in [0.25, 0.3) is 27.8 Å². The third-order valence-corrected chi connectivity index (χ3v) is 4.37. The van der Waals surface area contributed by atoms with Crippen LogP contribution in [-0.2, 0) is 6.42 Å². The van der Waals surface area contributed by atoms with Crippen molar-refractivity contribution in [2.45, 2.75) is 6.42 Å². The van der Waals surface area contributed by atoms with Gasteiger partial charge in [-0.2, -0.15) is 0 Å². The zero-order valence-corrected chi connectivity index (χ0v) is 11.9. The Labute approximate surface area is 127 Å². The van der Waals surface area contributed by atoms with E-state index in [4.69, 9.17) is 0 Å². The molecule has 4 aromatic rings. The van der Waals surface area contributed by atoms with Crippen molar-refractivity contribution in [2.75, 3.05) is 0 Å². The second-order valence-electron chi connectivity index (χ2n) is 5.67. The van der Waals surface area contributed by atoms with Crippen molar-refractivity contribution in [3.05, 3.63) is 77.9 Å². The van der Waals surface area contributed by atoms with Gasteiger partial charge in [0, 0.05) is 0 Å². The van der Waals surface area contributed by atoms with Gasteiger partial charge in [-0.1, -0.05) is 47.7 Å². The summed E-state index contributed by atoms with van der Waals surface area (Å²) >= 11 is 0. The second-order valence-corrected chi connectivity index (χ2v) is 5.67. The Balaban J connectivity index is 1.68. The van der Waals surface area contributed by atoms with Gasteiger partial charge in [-0.15, -0.1) is 5.10 Å². The number of hydrogen-bond acceptors (Lipinski definition) is 2. The molecule has 104 valence electrons. The molecule has 3 aromatic carbocycles. The van der Waals surface area contributed by atoms with Gasteiger partial charge in [0.2, 0.25) is 0 Å². The summed E-state index contributed by atoms with van der Waals surface area (Å²) in [5.74, 6) is 0. The number of hydrogen-bond donors (Lipinski definition) is 0. The Bertz CT molecular complexity index is 1010. The summed E-state index contributed by atoms with van der Waals surface area (Å²) in [6, 6.07) is 23.2. The fourth-order valence-corrected chi connectivity index (χ4v) is 3.32. The van der Waals surface area contributed by atoms with Crippen LogP contribution in [0.15, 0.2) is 66.7 Å². The Kier molecular flexibility index (Phi) is 2.27. The highest BCUT2D eigenvalue weighted by molar-refractivity contribution is 5.79. The number of para-hydroxylation sites is 1. The number of aromatic nitrogens is 3. The molecule has 3 heteroatoms. The maximum absolute atomic E-state index is 4.31. The number of rotatable bonds is 1. The minimum absolute atomic E-state index is 0.922. The van der Waals surface area contributed by atoms with Crippen LogP contribution in [-0.4, -0.2) is 15.0 Å². The van der Waals surface area contributed by atoms with Crippen molar-refractivity contribution in [1.82, 2.24) is 15.0 Å². The van der Waals surface area contributed by atoms with Crippen molar-refractivity contribution in [2.24, 2.45) is 0 Å². The Morgan fingerprint density at radius 1 is 0.773 bits per heavy atom. The molecule has 0 saturated carbocycles. The van der Waals surface area contributed by atoms with Gasteiger partial charge in [0.15, 0.2) is 0 Å². The van der Waals surface area contributed by atoms with E-state index in [1.165, 1.54) is 22.3 Å². The lowest BCUT2D eigenvalue weighted by Gasteiger charge is -2.06. The summed E-state index contributed by atoms with van der Waals surface area (Å²) in [6.07, 6.45) is 0.992. The molecule has 0 atom stereocenters. The summed E-state index contributed by atoms with van der Waals surface area (Å²) in [7, 11) is 0. The van der Waals surface area contributed by atoms with Crippen molar-refractivity contribution in [1.29, 1.82) is 0 Å². The van der Waals surface area contributed by atoms with E-state index in [9.17, 15) is 0 Å². The predicted molar refractivity (Wildman–Crippen MR) is 87.1 cm³/mol. The molecule has 1 aliphatic rings. The van der Waals surface area contributed by atoms with Gasteiger partial charge in [-0.3, -0.25) is 0 Å². The number of fused-ring (bicyclic) bond motifs is 4. The monoisotopic (exact) mass is 283 g/mol. The third-order valence-electron chi connectivity index (χ3n) is 4.37. The Morgan fingerprint density at radius 3 is 2.59 bits per heavy atom. The quantitative estimate of drug-likeness (QED) is 0.465. The standard InChI is InChI=1S/C19H13N3/c1-2-6-16-13(5-1)11-14-12-15(9-10-17(14)16)22-19-8-4-3-7-18(19)20-21-22/h1-10,12H,11H2. The van der Waals surface area contributed by atoms with E-state index in [2.05, 4.69) is 58.8 Å². The summed E-state index contributed by atoms with van der Waals surface area (Å²) < 4.78 is 1.92. The minimum atomic E-state index is 0.922. The molecule has 3 nitrogen and oxygen atoms in total. The van der Waals surface area contributed by atoms with Gasteiger partial charge >= 0.3 is 0 Å². The number of nitrogens with zero attached hydrogens (tertiary/aromatic N) is 3. The highest BCUT2D eigenvalue weighted by atomic mass is 15.4. The number of benzene rings is 3. The second kappa shape index (κ2) is 4.28. The van der Waals surface area contributed by atoms with E-state index >= 15 is 0 Å². The fraction of sp³-hybridized carbons (Fsp3) is 0.0526. The molecule has 1 aliphatic carbocycles. The smallest absolute Gasteiger partial charge is 0.113 e. The molecule has 1 heterocycles. The zero-order valence-electron chi connectivity index (χ0n) is 11.9. The molecule has 0 radical (unpaired) electrons. The van der Waals surface area contributed by atoms with Gasteiger partial charge in [-0.25, -0.2) is 4.68 Å². The molecular formula is C19H13N3. The van der Waals surface area contributed by atoms with Crippen LogP contribution in [0.5, 0.6) is 0 Å². The first-order valence-electron chi connectivity index (χ1n) is 7.42. The molecule has 0 saturated heterocycles. The van der Waals surface area contributed by atoms with E-state index in [0.717, 1.165) is 23.1 Å². The van der Waals surface area contributed by atoms with Crippen LogP contribution in [0.3, 0.4) is 0 Å². The largest absolute Gasteiger partial charge is 0.213 e. The summed E-state index contributed by atoms with van der Waals surface area (Å²) in [4.78, 5) is 0. The predicted octanol–water partition coefficient (Wildman–Crippen LogP) is 3.99. The van der Waals surface area contributed by atoms with Gasteiger partial charge < -0.3 is 0 Å². The first kappa shape index (κ1) is 11.7. The summed E-state index contributed by atoms with van der Waals surface area (Å²) in [6.45, 7) is 0. The maximum Gasteiger partial charge on any atom is 0.113 e. The molecule has 0 spiro atoms. The molecule has 0 unspecified atom stereocenters. The van der Waals surface area contributed by atoms with E-state index in [1.807, 2.05) is 22.9 Å². The van der Waals surface area contributed by atoms with E-state index < -0.39 is 0 Å². The van der Waals surface area contributed by atoms with Crippen LogP contribution in [0.2, 0.25) is 0 Å². The average Bonchev–Trinajstić information content (AvgIpc) is 3.15. The lowest BCUT2D eigenvalue weighted by Crippen LogP contribution is -1.97. The van der Waals surface area contributed by atoms with Crippen LogP contribution in [0, 0.1) is 0 Å². The molecule has 1 aromatic heterocycles. The molecule has 0 fully saturated rings. The Morgan fingerprint density at radius 2 is 1.59 bits per heavy atom. The molecule has 5 rings (SSSR count). The van der Waals surface area contributed by atoms with Crippen molar-refractivity contribution in [3.8, 4) is 16.8 Å². The SMILES string of the molecule is c1ccc2c(c1)Cc1cc(-n3nnc4ccccc43)ccc1-2. The van der Waals surface area contributed by atoms with Crippen molar-refractivity contribution in [3.63, 3.8) is 0 Å². The molecular weight excluding hydrogens is 270 g/mol. The molecule has 0 aliphatic heterocycles. The van der Waals surface area contributed by atoms with E-state index in [-0.39, 0.29) is 0 Å². The fourth-order valence-electron chi connectivity index (χ4n) is 3.32. The lowest BCUT2D eigenvalue weighted by molar-refractivity contribution is 0.823. The Hall–Kier alpha value is -2.94. The minimum Gasteiger partial charge on any atom is -0.213 e. The first-order chi connectivity index (χ1) is 10.9. The van der Waals surface area contributed by atoms with Crippen LogP contribution in [0.1, 0.15) is 11.1 Å². The van der Waals surface area contributed by atoms with E-state index in [1.54, 1.807) is 0 Å². The molecule has 0 N–H and O–H groups in total.